The highest BCUT2D eigenvalue weighted by atomic mass is 16.5. The van der Waals surface area contributed by atoms with Crippen LogP contribution >= 0.6 is 0 Å². The summed E-state index contributed by atoms with van der Waals surface area (Å²) < 4.78 is 5.73. The Kier molecular flexibility index (Phi) is 3.67. The van der Waals surface area contributed by atoms with E-state index in [2.05, 4.69) is 19.1 Å². The van der Waals surface area contributed by atoms with Crippen molar-refractivity contribution >= 4 is 5.91 Å². The lowest BCUT2D eigenvalue weighted by Crippen LogP contribution is -2.29. The molecule has 17 heavy (non-hydrogen) atoms. The first kappa shape index (κ1) is 12.0. The first-order chi connectivity index (χ1) is 8.16. The molecular formula is C14H19NO2. The largest absolute Gasteiger partial charge is 0.491 e. The van der Waals surface area contributed by atoms with E-state index in [0.717, 1.165) is 24.3 Å². The second kappa shape index (κ2) is 5.21. The molecule has 1 amide bonds. The number of rotatable bonds is 4. The van der Waals surface area contributed by atoms with Gasteiger partial charge in [-0.2, -0.15) is 0 Å². The van der Waals surface area contributed by atoms with Gasteiger partial charge in [-0.3, -0.25) is 4.79 Å². The molecule has 0 atom stereocenters. The number of hydrogen-bond donors (Lipinski definition) is 0. The van der Waals surface area contributed by atoms with Crippen LogP contribution in [0.2, 0.25) is 0 Å². The average Bonchev–Trinajstić information content (AvgIpc) is 2.70. The summed E-state index contributed by atoms with van der Waals surface area (Å²) in [7, 11) is 0. The van der Waals surface area contributed by atoms with Crippen LogP contribution in [0.1, 0.15) is 24.0 Å². The van der Waals surface area contributed by atoms with Crippen molar-refractivity contribution in [2.45, 2.75) is 26.7 Å². The Hall–Kier alpha value is -1.51. The molecule has 0 radical (unpaired) electrons. The maximum absolute atomic E-state index is 11.4. The molecule has 92 valence electrons. The summed E-state index contributed by atoms with van der Waals surface area (Å²) in [6.07, 6.45) is 1.69. The zero-order valence-corrected chi connectivity index (χ0v) is 10.5. The van der Waals surface area contributed by atoms with Crippen molar-refractivity contribution in [3.8, 4) is 5.75 Å². The second-order valence-corrected chi connectivity index (χ2v) is 4.60. The first-order valence-corrected chi connectivity index (χ1v) is 6.14. The molecule has 1 aromatic rings. The summed E-state index contributed by atoms with van der Waals surface area (Å²) in [5, 5.41) is 0. The topological polar surface area (TPSA) is 29.5 Å². The summed E-state index contributed by atoms with van der Waals surface area (Å²) in [6.45, 7) is 6.25. The molecule has 1 saturated heterocycles. The average molecular weight is 233 g/mol. The van der Waals surface area contributed by atoms with Gasteiger partial charge in [0.05, 0.1) is 6.54 Å². The van der Waals surface area contributed by atoms with Crippen LogP contribution in [0.3, 0.4) is 0 Å². The lowest BCUT2D eigenvalue weighted by Gasteiger charge is -2.16. The van der Waals surface area contributed by atoms with Gasteiger partial charge < -0.3 is 9.64 Å². The Bertz CT molecular complexity index is 415. The van der Waals surface area contributed by atoms with Crippen LogP contribution in [0.15, 0.2) is 18.2 Å². The third kappa shape index (κ3) is 2.99. The van der Waals surface area contributed by atoms with E-state index in [1.807, 2.05) is 17.9 Å². The second-order valence-electron chi connectivity index (χ2n) is 4.60. The smallest absolute Gasteiger partial charge is 0.222 e. The van der Waals surface area contributed by atoms with Gasteiger partial charge in [-0.25, -0.2) is 0 Å². The third-order valence-electron chi connectivity index (χ3n) is 3.13. The fourth-order valence-corrected chi connectivity index (χ4v) is 2.07. The van der Waals surface area contributed by atoms with E-state index in [1.165, 1.54) is 5.56 Å². The minimum Gasteiger partial charge on any atom is -0.491 e. The van der Waals surface area contributed by atoms with E-state index >= 15 is 0 Å². The molecule has 1 fully saturated rings. The lowest BCUT2D eigenvalue weighted by molar-refractivity contribution is -0.128. The molecule has 0 bridgehead atoms. The molecule has 2 rings (SSSR count). The Morgan fingerprint density at radius 3 is 2.88 bits per heavy atom. The van der Waals surface area contributed by atoms with Crippen molar-refractivity contribution in [1.29, 1.82) is 0 Å². The van der Waals surface area contributed by atoms with Crippen LogP contribution in [0.25, 0.3) is 0 Å². The van der Waals surface area contributed by atoms with Crippen LogP contribution in [0, 0.1) is 13.8 Å². The van der Waals surface area contributed by atoms with E-state index in [9.17, 15) is 4.79 Å². The minimum absolute atomic E-state index is 0.259. The van der Waals surface area contributed by atoms with Crippen molar-refractivity contribution in [3.63, 3.8) is 0 Å². The Labute approximate surface area is 102 Å². The van der Waals surface area contributed by atoms with E-state index in [4.69, 9.17) is 4.74 Å². The maximum Gasteiger partial charge on any atom is 0.222 e. The number of carbonyl (C=O) groups excluding carboxylic acids is 1. The number of hydrogen-bond acceptors (Lipinski definition) is 2. The van der Waals surface area contributed by atoms with Crippen molar-refractivity contribution in [2.24, 2.45) is 0 Å². The molecule has 3 nitrogen and oxygen atoms in total. The number of amides is 1. The molecule has 1 heterocycles. The Balaban J connectivity index is 1.85. The highest BCUT2D eigenvalue weighted by molar-refractivity contribution is 5.78. The molecule has 0 spiro atoms. The summed E-state index contributed by atoms with van der Waals surface area (Å²) >= 11 is 0. The van der Waals surface area contributed by atoms with E-state index in [0.29, 0.717) is 19.6 Å². The highest BCUT2D eigenvalue weighted by Gasteiger charge is 2.19. The van der Waals surface area contributed by atoms with Gasteiger partial charge in [0.15, 0.2) is 0 Å². The summed E-state index contributed by atoms with van der Waals surface area (Å²) in [5.74, 6) is 1.19. The molecule has 0 saturated carbocycles. The van der Waals surface area contributed by atoms with Crippen LogP contribution in [0.5, 0.6) is 5.75 Å². The standard InChI is InChI=1S/C14H19NO2/c1-11-5-6-12(2)13(10-11)17-9-8-15-7-3-4-14(15)16/h5-6,10H,3-4,7-9H2,1-2H3. The highest BCUT2D eigenvalue weighted by Crippen LogP contribution is 2.19. The van der Waals surface area contributed by atoms with Gasteiger partial charge >= 0.3 is 0 Å². The summed E-state index contributed by atoms with van der Waals surface area (Å²) in [4.78, 5) is 13.3. The lowest BCUT2D eigenvalue weighted by atomic mass is 10.1. The maximum atomic E-state index is 11.4. The first-order valence-electron chi connectivity index (χ1n) is 6.14. The quantitative estimate of drug-likeness (QED) is 0.798. The Morgan fingerprint density at radius 2 is 2.18 bits per heavy atom. The van der Waals surface area contributed by atoms with Gasteiger partial charge in [-0.1, -0.05) is 12.1 Å². The SMILES string of the molecule is Cc1ccc(C)c(OCCN2CCCC2=O)c1. The van der Waals surface area contributed by atoms with Gasteiger partial charge in [0.2, 0.25) is 5.91 Å². The van der Waals surface area contributed by atoms with Gasteiger partial charge in [-0.15, -0.1) is 0 Å². The van der Waals surface area contributed by atoms with Crippen LogP contribution in [-0.2, 0) is 4.79 Å². The number of carbonyl (C=O) groups is 1. The predicted molar refractivity (Wildman–Crippen MR) is 67.2 cm³/mol. The normalized spacial score (nSPS) is 15.4. The molecule has 3 heteroatoms. The number of benzene rings is 1. The van der Waals surface area contributed by atoms with Crippen molar-refractivity contribution in [1.82, 2.24) is 4.90 Å². The van der Waals surface area contributed by atoms with Crippen LogP contribution < -0.4 is 4.74 Å². The molecule has 1 aliphatic heterocycles. The van der Waals surface area contributed by atoms with Crippen LogP contribution in [0.4, 0.5) is 0 Å². The molecule has 0 aromatic heterocycles. The molecule has 0 N–H and O–H groups in total. The van der Waals surface area contributed by atoms with Gasteiger partial charge in [-0.05, 0) is 37.5 Å². The van der Waals surface area contributed by atoms with Gasteiger partial charge in [0.25, 0.3) is 0 Å². The molecule has 0 unspecified atom stereocenters. The fraction of sp³-hybridized carbons (Fsp3) is 0.500. The zero-order chi connectivity index (χ0) is 12.3. The molecule has 0 aliphatic carbocycles. The third-order valence-corrected chi connectivity index (χ3v) is 3.13. The van der Waals surface area contributed by atoms with Gasteiger partial charge in [0, 0.05) is 13.0 Å². The minimum atomic E-state index is 0.259. The zero-order valence-electron chi connectivity index (χ0n) is 10.5. The van der Waals surface area contributed by atoms with Crippen molar-refractivity contribution < 1.29 is 9.53 Å². The van der Waals surface area contributed by atoms with E-state index in [-0.39, 0.29) is 5.91 Å². The Morgan fingerprint density at radius 1 is 1.35 bits per heavy atom. The van der Waals surface area contributed by atoms with Crippen molar-refractivity contribution in [3.05, 3.63) is 29.3 Å². The summed E-state index contributed by atoms with van der Waals surface area (Å²) in [6, 6.07) is 6.18. The molecule has 1 aromatic carbocycles. The predicted octanol–water partition coefficient (Wildman–Crippen LogP) is 2.30. The summed E-state index contributed by atoms with van der Waals surface area (Å²) in [5.41, 5.74) is 2.34. The monoisotopic (exact) mass is 233 g/mol. The number of nitrogens with zero attached hydrogens (tertiary/aromatic N) is 1. The van der Waals surface area contributed by atoms with E-state index < -0.39 is 0 Å². The fourth-order valence-electron chi connectivity index (χ4n) is 2.07. The number of likely N-dealkylation sites (tertiary alicyclic amines) is 1. The molecular weight excluding hydrogens is 214 g/mol. The van der Waals surface area contributed by atoms with Crippen LogP contribution in [-0.4, -0.2) is 30.5 Å². The number of ether oxygens (including phenoxy) is 1. The van der Waals surface area contributed by atoms with Gasteiger partial charge in [0.1, 0.15) is 12.4 Å². The molecule has 1 aliphatic rings. The van der Waals surface area contributed by atoms with E-state index in [1.54, 1.807) is 0 Å². The number of aryl methyl sites for hydroxylation is 2. The van der Waals surface area contributed by atoms with Crippen molar-refractivity contribution in [2.75, 3.05) is 19.7 Å².